The molecule has 45 heavy (non-hydrogen) atoms. The van der Waals surface area contributed by atoms with E-state index in [1.54, 1.807) is 6.20 Å². The predicted octanol–water partition coefficient (Wildman–Crippen LogP) is 5.63. The van der Waals surface area contributed by atoms with Crippen LogP contribution in [0.25, 0.3) is 10.4 Å². The molecule has 1 amide bonds. The van der Waals surface area contributed by atoms with Crippen molar-refractivity contribution in [3.8, 4) is 10.4 Å². The predicted molar refractivity (Wildman–Crippen MR) is 168 cm³/mol. The van der Waals surface area contributed by atoms with E-state index in [2.05, 4.69) is 30.5 Å². The van der Waals surface area contributed by atoms with Crippen molar-refractivity contribution < 1.29 is 27.8 Å². The lowest BCUT2D eigenvalue weighted by molar-refractivity contribution is -0.137. The zero-order valence-corrected chi connectivity index (χ0v) is 26.7. The highest BCUT2D eigenvalue weighted by Gasteiger charge is 2.49. The van der Waals surface area contributed by atoms with Crippen LogP contribution in [-0.4, -0.2) is 77.3 Å². The third-order valence-corrected chi connectivity index (χ3v) is 10.6. The summed E-state index contributed by atoms with van der Waals surface area (Å²) in [6, 6.07) is 5.60. The van der Waals surface area contributed by atoms with Crippen LogP contribution in [0.3, 0.4) is 0 Å². The van der Waals surface area contributed by atoms with Crippen molar-refractivity contribution in [2.45, 2.75) is 89.8 Å². The number of carbonyl (C=O) groups excluding carboxylic acids is 1. The van der Waals surface area contributed by atoms with Gasteiger partial charge >= 0.3 is 6.18 Å². The first-order valence-corrected chi connectivity index (χ1v) is 16.6. The molecule has 2 saturated heterocycles. The number of fused-ring (bicyclic) bond motifs is 1. The minimum absolute atomic E-state index is 0.0182. The van der Waals surface area contributed by atoms with Gasteiger partial charge in [-0.3, -0.25) is 14.7 Å². The summed E-state index contributed by atoms with van der Waals surface area (Å²) >= 11 is 1.39. The van der Waals surface area contributed by atoms with Crippen molar-refractivity contribution in [3.05, 3.63) is 35.0 Å². The van der Waals surface area contributed by atoms with E-state index in [1.165, 1.54) is 11.3 Å². The number of benzene rings is 1. The minimum Gasteiger partial charge on any atom is -0.383 e. The Balaban J connectivity index is 1.07. The van der Waals surface area contributed by atoms with E-state index in [1.807, 2.05) is 39.0 Å². The van der Waals surface area contributed by atoms with Crippen molar-refractivity contribution >= 4 is 34.6 Å². The Hall–Kier alpha value is -2.87. The summed E-state index contributed by atoms with van der Waals surface area (Å²) in [5, 5.41) is 18.5. The Morgan fingerprint density at radius 2 is 2.07 bits per heavy atom. The molecule has 1 aliphatic carbocycles. The molecular weight excluding hydrogens is 605 g/mol. The average Bonchev–Trinajstić information content (AvgIpc) is 3.59. The number of aliphatic hydroxyl groups is 1. The van der Waals surface area contributed by atoms with Gasteiger partial charge in [0.15, 0.2) is 0 Å². The van der Waals surface area contributed by atoms with Gasteiger partial charge in [-0.2, -0.15) is 13.2 Å². The fourth-order valence-corrected chi connectivity index (χ4v) is 8.08. The van der Waals surface area contributed by atoms with Gasteiger partial charge in [0, 0.05) is 50.4 Å². The zero-order valence-electron chi connectivity index (χ0n) is 25.9. The standard InChI is InChI=1S/C32H41F3N6O3S/c1-19-14-20(16-21(15-19)39-29-37-11-8-25(40-29)32(33,34)35)24-17-38-28(45-24)31(43)9-7-22(30(2,3)18-31)26(42)36-10-5-13-41-12-4-6-23-27(41)44-23/h14-17,22-23,27,43H,4-13,18H2,1-3H3,(H,36,42)(H,37,39)/t22?,23?,27?,31-/m1/s1. The number of hydrogen-bond donors (Lipinski definition) is 3. The second kappa shape index (κ2) is 12.4. The third kappa shape index (κ3) is 7.26. The number of likely N-dealkylation sites (tertiary alicyclic amines) is 1. The Bertz CT molecular complexity index is 1490. The largest absolute Gasteiger partial charge is 0.429 e. The van der Waals surface area contributed by atoms with Crippen LogP contribution in [0, 0.1) is 18.3 Å². The molecule has 0 radical (unpaired) electrons. The summed E-state index contributed by atoms with van der Waals surface area (Å²) in [5.41, 5.74) is -0.165. The number of aromatic nitrogens is 1. The number of ether oxygens (including phenoxy) is 1. The molecule has 1 aromatic heterocycles. The number of aryl methyl sites for hydroxylation is 1. The van der Waals surface area contributed by atoms with Gasteiger partial charge in [0.2, 0.25) is 11.9 Å². The van der Waals surface area contributed by atoms with Crippen molar-refractivity contribution in [2.24, 2.45) is 21.3 Å². The average molecular weight is 647 g/mol. The molecule has 4 aliphatic rings. The molecule has 0 spiro atoms. The maximum absolute atomic E-state index is 13.2. The lowest BCUT2D eigenvalue weighted by atomic mass is 9.63. The number of piperidine rings is 1. The molecule has 4 heterocycles. The normalized spacial score (nSPS) is 28.1. The number of thiazole rings is 1. The van der Waals surface area contributed by atoms with E-state index >= 15 is 0 Å². The van der Waals surface area contributed by atoms with Crippen molar-refractivity contribution in [1.82, 2.24) is 15.2 Å². The number of guanidine groups is 1. The van der Waals surface area contributed by atoms with Gasteiger partial charge in [-0.1, -0.05) is 19.9 Å². The van der Waals surface area contributed by atoms with Gasteiger partial charge in [0.25, 0.3) is 0 Å². The molecule has 13 heteroatoms. The van der Waals surface area contributed by atoms with Gasteiger partial charge in [-0.25, -0.2) is 9.98 Å². The number of halogens is 3. The van der Waals surface area contributed by atoms with Crippen molar-refractivity contribution in [3.63, 3.8) is 0 Å². The molecule has 2 aromatic rings. The van der Waals surface area contributed by atoms with Crippen LogP contribution in [-0.2, 0) is 15.1 Å². The minimum atomic E-state index is -4.49. The van der Waals surface area contributed by atoms with Crippen molar-refractivity contribution in [2.75, 3.05) is 31.5 Å². The topological polar surface area (TPSA) is 115 Å². The number of amides is 1. The lowest BCUT2D eigenvalue weighted by Gasteiger charge is -2.45. The first-order valence-electron chi connectivity index (χ1n) is 15.7. The highest BCUT2D eigenvalue weighted by Crippen LogP contribution is 2.51. The second-order valence-electron chi connectivity index (χ2n) is 13.4. The fraction of sp³-hybridized carbons (Fsp3) is 0.625. The maximum Gasteiger partial charge on any atom is 0.429 e. The van der Waals surface area contributed by atoms with Crippen molar-refractivity contribution in [1.29, 1.82) is 0 Å². The summed E-state index contributed by atoms with van der Waals surface area (Å²) in [4.78, 5) is 28.8. The second-order valence-corrected chi connectivity index (χ2v) is 14.5. The maximum atomic E-state index is 13.2. The number of rotatable bonds is 8. The van der Waals surface area contributed by atoms with Crippen LogP contribution in [0.1, 0.15) is 69.4 Å². The van der Waals surface area contributed by atoms with Gasteiger partial charge < -0.3 is 20.5 Å². The monoisotopic (exact) mass is 646 g/mol. The highest BCUT2D eigenvalue weighted by atomic mass is 32.1. The third-order valence-electron chi connectivity index (χ3n) is 9.33. The molecule has 1 saturated carbocycles. The smallest absolute Gasteiger partial charge is 0.383 e. The SMILES string of the molecule is Cc1cc(NC2=NCCC(C(F)(F)F)=N2)cc(-c2cnc([C@@]3(O)CCC(C(=O)NCCCN4CCCC5OC54)C(C)(C)C3)s2)c1. The van der Waals surface area contributed by atoms with Crippen LogP contribution in [0.2, 0.25) is 0 Å². The summed E-state index contributed by atoms with van der Waals surface area (Å²) in [6.07, 6.45) is 2.26. The number of nitrogens with zero attached hydrogens (tertiary/aromatic N) is 4. The molecule has 6 rings (SSSR count). The molecule has 244 valence electrons. The van der Waals surface area contributed by atoms with Crippen LogP contribution < -0.4 is 10.6 Å². The lowest BCUT2D eigenvalue weighted by Crippen LogP contribution is -2.48. The van der Waals surface area contributed by atoms with Crippen LogP contribution in [0.15, 0.2) is 34.4 Å². The highest BCUT2D eigenvalue weighted by molar-refractivity contribution is 7.15. The zero-order chi connectivity index (χ0) is 32.0. The van der Waals surface area contributed by atoms with Crippen LogP contribution >= 0.6 is 11.3 Å². The van der Waals surface area contributed by atoms with E-state index < -0.39 is 22.9 Å². The molecule has 1 aromatic carbocycles. The molecule has 3 aliphatic heterocycles. The van der Waals surface area contributed by atoms with Crippen LogP contribution in [0.5, 0.6) is 0 Å². The summed E-state index contributed by atoms with van der Waals surface area (Å²) in [5.74, 6) is -0.243. The van der Waals surface area contributed by atoms with E-state index in [0.717, 1.165) is 48.4 Å². The number of anilines is 1. The number of epoxide rings is 1. The number of hydrogen-bond acceptors (Lipinski definition) is 9. The number of nitrogens with one attached hydrogen (secondary N) is 2. The molecule has 3 fully saturated rings. The number of carbonyl (C=O) groups is 1. The Morgan fingerprint density at radius 3 is 2.84 bits per heavy atom. The molecule has 3 unspecified atom stereocenters. The quantitative estimate of drug-likeness (QED) is 0.253. The Kier molecular flexibility index (Phi) is 8.83. The Labute approximate surface area is 265 Å². The first kappa shape index (κ1) is 32.1. The molecule has 3 N–H and O–H groups in total. The number of alkyl halides is 3. The summed E-state index contributed by atoms with van der Waals surface area (Å²) < 4.78 is 45.2. The van der Waals surface area contributed by atoms with Crippen LogP contribution in [0.4, 0.5) is 18.9 Å². The fourth-order valence-electron chi connectivity index (χ4n) is 7.06. The molecular formula is C32H41F3N6O3S. The van der Waals surface area contributed by atoms with Gasteiger partial charge in [0.1, 0.15) is 22.5 Å². The summed E-state index contributed by atoms with van der Waals surface area (Å²) in [6.45, 7) is 8.58. The van der Waals surface area contributed by atoms with E-state index in [0.29, 0.717) is 42.6 Å². The van der Waals surface area contributed by atoms with E-state index in [-0.39, 0.29) is 37.0 Å². The van der Waals surface area contributed by atoms with E-state index in [4.69, 9.17) is 4.74 Å². The summed E-state index contributed by atoms with van der Waals surface area (Å²) in [7, 11) is 0. The molecule has 9 nitrogen and oxygen atoms in total. The van der Waals surface area contributed by atoms with Gasteiger partial charge in [-0.05, 0) is 74.1 Å². The molecule has 4 atom stereocenters. The Morgan fingerprint density at radius 1 is 1.24 bits per heavy atom. The number of aliphatic imine (C=N–C) groups is 2. The van der Waals surface area contributed by atoms with E-state index in [9.17, 15) is 23.1 Å². The van der Waals surface area contributed by atoms with Gasteiger partial charge in [-0.15, -0.1) is 11.3 Å². The first-order chi connectivity index (χ1) is 21.3. The van der Waals surface area contributed by atoms with Gasteiger partial charge in [0.05, 0.1) is 11.0 Å². The molecule has 0 bridgehead atoms.